The van der Waals surface area contributed by atoms with E-state index in [1.54, 1.807) is 31.4 Å². The molecule has 0 radical (unpaired) electrons. The minimum absolute atomic E-state index is 0.116. The Labute approximate surface area is 327 Å². The Kier molecular flexibility index (Phi) is 17.3. The van der Waals surface area contributed by atoms with E-state index in [9.17, 15) is 19.2 Å². The molecule has 0 N–H and O–H groups in total. The molecular weight excluding hydrogens is 1060 g/mol. The van der Waals surface area contributed by atoms with Crippen molar-refractivity contribution in [3.8, 4) is 17.2 Å². The van der Waals surface area contributed by atoms with Crippen LogP contribution in [0, 0.1) is 14.3 Å². The van der Waals surface area contributed by atoms with Gasteiger partial charge < -0.3 is 28.4 Å². The van der Waals surface area contributed by atoms with Crippen LogP contribution in [0.1, 0.15) is 42.9 Å². The number of rotatable bonds is 16. The van der Waals surface area contributed by atoms with Crippen LogP contribution in [-0.2, 0) is 47.9 Å². The van der Waals surface area contributed by atoms with E-state index >= 15 is 0 Å². The summed E-state index contributed by atoms with van der Waals surface area (Å²) in [4.78, 5) is 47.7. The van der Waals surface area contributed by atoms with Gasteiger partial charge in [0.2, 0.25) is 0 Å². The van der Waals surface area contributed by atoms with Crippen molar-refractivity contribution in [3.05, 3.63) is 79.5 Å². The Morgan fingerprint density at radius 3 is 1.55 bits per heavy atom. The number of esters is 3. The lowest BCUT2D eigenvalue weighted by Gasteiger charge is -2.12. The van der Waals surface area contributed by atoms with Gasteiger partial charge in [-0.2, -0.15) is 0 Å². The van der Waals surface area contributed by atoms with Crippen molar-refractivity contribution in [2.45, 2.75) is 45.4 Å². The van der Waals surface area contributed by atoms with Crippen molar-refractivity contribution in [3.63, 3.8) is 0 Å². The van der Waals surface area contributed by atoms with Gasteiger partial charge in [0.25, 0.3) is 0 Å². The SMILES string of the molecule is COc1c(I)cc(CCC(=O)OCCCOC(=O)CCc2cc(I)c(OC(=O)OCCc3ccc(OC(C)=O)cc3)c(I)c2)cc1I. The minimum Gasteiger partial charge on any atom is -0.495 e. The third kappa shape index (κ3) is 14.2. The zero-order valence-corrected chi connectivity index (χ0v) is 34.2. The van der Waals surface area contributed by atoms with Crippen molar-refractivity contribution >= 4 is 114 Å². The number of carbonyl (C=O) groups is 4. The van der Waals surface area contributed by atoms with Crippen LogP contribution in [-0.4, -0.2) is 51.0 Å². The summed E-state index contributed by atoms with van der Waals surface area (Å²) in [6.07, 6.45) is 1.51. The van der Waals surface area contributed by atoms with Gasteiger partial charge in [-0.1, -0.05) is 12.1 Å². The predicted octanol–water partition coefficient (Wildman–Crippen LogP) is 7.84. The molecule has 0 aromatic heterocycles. The largest absolute Gasteiger partial charge is 0.513 e. The lowest BCUT2D eigenvalue weighted by atomic mass is 10.1. The van der Waals surface area contributed by atoms with Gasteiger partial charge >= 0.3 is 24.1 Å². The van der Waals surface area contributed by atoms with Crippen LogP contribution in [0.3, 0.4) is 0 Å². The molecule has 0 aliphatic carbocycles. The molecule has 0 heterocycles. The average molecular weight is 1100 g/mol. The predicted molar refractivity (Wildman–Crippen MR) is 207 cm³/mol. The number of hydrogen-bond acceptors (Lipinski definition) is 10. The lowest BCUT2D eigenvalue weighted by molar-refractivity contribution is -0.146. The summed E-state index contributed by atoms with van der Waals surface area (Å²) in [5.41, 5.74) is 2.84. The topological polar surface area (TPSA) is 124 Å². The molecule has 10 nitrogen and oxygen atoms in total. The van der Waals surface area contributed by atoms with Crippen molar-refractivity contribution < 1.29 is 47.6 Å². The molecular formula is C33H32I4O10. The minimum atomic E-state index is -0.818. The highest BCUT2D eigenvalue weighted by atomic mass is 127. The number of aryl methyl sites for hydroxylation is 2. The van der Waals surface area contributed by atoms with Crippen molar-refractivity contribution in [1.82, 2.24) is 0 Å². The highest BCUT2D eigenvalue weighted by Gasteiger charge is 2.16. The molecule has 0 unspecified atom stereocenters. The first-order valence-corrected chi connectivity index (χ1v) is 18.7. The summed E-state index contributed by atoms with van der Waals surface area (Å²) in [6.45, 7) is 1.78. The number of hydrogen-bond donors (Lipinski definition) is 0. The molecule has 252 valence electrons. The maximum Gasteiger partial charge on any atom is 0.513 e. The monoisotopic (exact) mass is 1100 g/mol. The van der Waals surface area contributed by atoms with E-state index in [1.807, 2.05) is 24.3 Å². The Morgan fingerprint density at radius 1 is 0.596 bits per heavy atom. The van der Waals surface area contributed by atoms with Crippen molar-refractivity contribution in [2.75, 3.05) is 26.9 Å². The first-order chi connectivity index (χ1) is 22.4. The molecule has 0 aliphatic rings. The van der Waals surface area contributed by atoms with Gasteiger partial charge in [0.1, 0.15) is 11.5 Å². The summed E-state index contributed by atoms with van der Waals surface area (Å²) in [6, 6.07) is 14.6. The van der Waals surface area contributed by atoms with E-state index in [0.717, 1.165) is 29.6 Å². The van der Waals surface area contributed by atoms with Gasteiger partial charge in [0.15, 0.2) is 5.75 Å². The summed E-state index contributed by atoms with van der Waals surface area (Å²) >= 11 is 8.58. The zero-order chi connectivity index (χ0) is 34.3. The number of halogens is 4. The molecule has 0 fully saturated rings. The summed E-state index contributed by atoms with van der Waals surface area (Å²) in [5.74, 6) is 0.617. The van der Waals surface area contributed by atoms with Crippen molar-refractivity contribution in [2.24, 2.45) is 0 Å². The second kappa shape index (κ2) is 20.5. The first-order valence-electron chi connectivity index (χ1n) is 14.4. The van der Waals surface area contributed by atoms with Gasteiger partial charge in [-0.05, 0) is 156 Å². The molecule has 0 saturated carbocycles. The van der Waals surface area contributed by atoms with Crippen molar-refractivity contribution in [1.29, 1.82) is 0 Å². The first kappa shape index (κ1) is 39.5. The van der Waals surface area contributed by atoms with Crippen LogP contribution in [0.2, 0.25) is 0 Å². The molecule has 0 atom stereocenters. The molecule has 3 rings (SSSR count). The third-order valence-electron chi connectivity index (χ3n) is 6.35. The molecule has 47 heavy (non-hydrogen) atoms. The Hall–Kier alpha value is -1.94. The second-order valence-electron chi connectivity index (χ2n) is 9.96. The van der Waals surface area contributed by atoms with E-state index < -0.39 is 12.1 Å². The maximum absolute atomic E-state index is 12.3. The van der Waals surface area contributed by atoms with Crippen LogP contribution >= 0.6 is 90.4 Å². The summed E-state index contributed by atoms with van der Waals surface area (Å²) in [5, 5.41) is 0. The molecule has 14 heteroatoms. The molecule has 3 aromatic rings. The molecule has 3 aromatic carbocycles. The van der Waals surface area contributed by atoms with Gasteiger partial charge in [-0.25, -0.2) is 4.79 Å². The fourth-order valence-electron chi connectivity index (χ4n) is 4.13. The Morgan fingerprint density at radius 2 is 1.09 bits per heavy atom. The van der Waals surface area contributed by atoms with E-state index in [2.05, 4.69) is 90.4 Å². The fraction of sp³-hybridized carbons (Fsp3) is 0.333. The highest BCUT2D eigenvalue weighted by Crippen LogP contribution is 2.30. The Balaban J connectivity index is 1.31. The van der Waals surface area contributed by atoms with Crippen LogP contribution in [0.15, 0.2) is 48.5 Å². The number of carbonyl (C=O) groups excluding carboxylic acids is 4. The molecule has 0 aliphatic heterocycles. The fourth-order valence-corrected chi connectivity index (χ4v) is 8.58. The number of benzene rings is 3. The highest BCUT2D eigenvalue weighted by molar-refractivity contribution is 14.1. The van der Waals surface area contributed by atoms with E-state index in [0.29, 0.717) is 44.3 Å². The van der Waals surface area contributed by atoms with E-state index in [-0.39, 0.29) is 44.6 Å². The van der Waals surface area contributed by atoms with Crippen LogP contribution < -0.4 is 14.2 Å². The van der Waals surface area contributed by atoms with Gasteiger partial charge in [0.05, 0.1) is 41.2 Å². The molecule has 0 saturated heterocycles. The molecule has 0 spiro atoms. The zero-order valence-electron chi connectivity index (χ0n) is 25.6. The summed E-state index contributed by atoms with van der Waals surface area (Å²) < 4.78 is 35.0. The average Bonchev–Trinajstić information content (AvgIpc) is 3.01. The quantitative estimate of drug-likeness (QED) is 0.0350. The van der Waals surface area contributed by atoms with Crippen LogP contribution in [0.4, 0.5) is 4.79 Å². The van der Waals surface area contributed by atoms with Crippen LogP contribution in [0.25, 0.3) is 0 Å². The standard InChI is InChI=1S/C33H32I4O10/c1-20(38)46-24-8-4-21(5-9-24)12-15-45-33(41)47-32-27(36)18-23(19-28(32)37)7-11-30(40)44-14-3-13-43-29(39)10-6-22-16-25(34)31(42-2)26(35)17-22/h4-5,8-9,16-19H,3,6-7,10-15H2,1-2H3. The molecule has 0 amide bonds. The van der Waals surface area contributed by atoms with E-state index in [1.165, 1.54) is 6.92 Å². The number of methoxy groups -OCH3 is 1. The lowest BCUT2D eigenvalue weighted by Crippen LogP contribution is -2.14. The number of ether oxygens (including phenoxy) is 6. The third-order valence-corrected chi connectivity index (χ3v) is 9.56. The smallest absolute Gasteiger partial charge is 0.495 e. The van der Waals surface area contributed by atoms with Gasteiger partial charge in [0, 0.05) is 32.6 Å². The molecule has 0 bridgehead atoms. The second-order valence-corrected chi connectivity index (χ2v) is 14.6. The normalized spacial score (nSPS) is 10.6. The Bertz CT molecular complexity index is 1510. The van der Waals surface area contributed by atoms with Gasteiger partial charge in [-0.15, -0.1) is 0 Å². The maximum atomic E-state index is 12.3. The van der Waals surface area contributed by atoms with Gasteiger partial charge in [-0.3, -0.25) is 14.4 Å². The summed E-state index contributed by atoms with van der Waals surface area (Å²) in [7, 11) is 1.63. The van der Waals surface area contributed by atoms with Crippen LogP contribution in [0.5, 0.6) is 17.2 Å². The van der Waals surface area contributed by atoms with E-state index in [4.69, 9.17) is 28.4 Å².